The second-order valence-corrected chi connectivity index (χ2v) is 3.37. The SMILES string of the molecule is COc1ccc(Oc2ncnc(N)c2OC)cc1. The first-order valence-electron chi connectivity index (χ1n) is 5.21. The van der Waals surface area contributed by atoms with Gasteiger partial charge in [-0.25, -0.2) is 4.98 Å². The quantitative estimate of drug-likeness (QED) is 0.888. The van der Waals surface area contributed by atoms with Gasteiger partial charge in [-0.15, -0.1) is 0 Å². The summed E-state index contributed by atoms with van der Waals surface area (Å²) in [7, 11) is 3.08. The lowest BCUT2D eigenvalue weighted by Crippen LogP contribution is -2.00. The fourth-order valence-corrected chi connectivity index (χ4v) is 1.39. The number of hydrogen-bond donors (Lipinski definition) is 1. The number of hydrogen-bond acceptors (Lipinski definition) is 6. The highest BCUT2D eigenvalue weighted by atomic mass is 16.5. The molecule has 0 spiro atoms. The molecule has 2 rings (SSSR count). The minimum Gasteiger partial charge on any atom is -0.497 e. The molecule has 0 unspecified atom stereocenters. The minimum atomic E-state index is 0.232. The van der Waals surface area contributed by atoms with Crippen LogP contribution in [0.25, 0.3) is 0 Å². The van der Waals surface area contributed by atoms with Crippen molar-refractivity contribution in [1.29, 1.82) is 0 Å². The predicted octanol–water partition coefficient (Wildman–Crippen LogP) is 1.87. The number of nitrogens with zero attached hydrogens (tertiary/aromatic N) is 2. The predicted molar refractivity (Wildman–Crippen MR) is 66.1 cm³/mol. The molecule has 2 aromatic rings. The van der Waals surface area contributed by atoms with Gasteiger partial charge in [0.1, 0.15) is 17.8 Å². The molecule has 1 aromatic heterocycles. The second-order valence-electron chi connectivity index (χ2n) is 3.37. The summed E-state index contributed by atoms with van der Waals surface area (Å²) in [5, 5.41) is 0. The Hall–Kier alpha value is -2.50. The molecule has 0 atom stereocenters. The van der Waals surface area contributed by atoms with E-state index >= 15 is 0 Å². The molecule has 18 heavy (non-hydrogen) atoms. The smallest absolute Gasteiger partial charge is 0.268 e. The molecule has 1 heterocycles. The molecule has 0 fully saturated rings. The van der Waals surface area contributed by atoms with Crippen molar-refractivity contribution in [2.45, 2.75) is 0 Å². The molecule has 0 saturated heterocycles. The highest BCUT2D eigenvalue weighted by Crippen LogP contribution is 2.32. The van der Waals surface area contributed by atoms with Crippen LogP contribution in [0.2, 0.25) is 0 Å². The first-order valence-corrected chi connectivity index (χ1v) is 5.21. The Morgan fingerprint density at radius 2 is 1.61 bits per heavy atom. The van der Waals surface area contributed by atoms with Crippen LogP contribution in [-0.4, -0.2) is 24.2 Å². The first-order chi connectivity index (χ1) is 8.74. The third kappa shape index (κ3) is 2.42. The van der Waals surface area contributed by atoms with Gasteiger partial charge in [-0.05, 0) is 24.3 Å². The van der Waals surface area contributed by atoms with Crippen molar-refractivity contribution in [3.05, 3.63) is 30.6 Å². The number of rotatable bonds is 4. The van der Waals surface area contributed by atoms with Crippen LogP contribution < -0.4 is 19.9 Å². The normalized spacial score (nSPS) is 9.89. The summed E-state index contributed by atoms with van der Waals surface area (Å²) < 4.78 is 15.7. The lowest BCUT2D eigenvalue weighted by Gasteiger charge is -2.10. The fraction of sp³-hybridized carbons (Fsp3) is 0.167. The molecule has 0 aliphatic rings. The van der Waals surface area contributed by atoms with Gasteiger partial charge in [0.05, 0.1) is 14.2 Å². The van der Waals surface area contributed by atoms with Crippen molar-refractivity contribution in [2.75, 3.05) is 20.0 Å². The van der Waals surface area contributed by atoms with E-state index in [1.165, 1.54) is 13.4 Å². The lowest BCUT2D eigenvalue weighted by molar-refractivity contribution is 0.368. The topological polar surface area (TPSA) is 79.5 Å². The summed E-state index contributed by atoms with van der Waals surface area (Å²) >= 11 is 0. The molecule has 1 aromatic carbocycles. The zero-order valence-corrected chi connectivity index (χ0v) is 10.1. The Balaban J connectivity index is 2.25. The molecule has 0 bridgehead atoms. The molecule has 6 heteroatoms. The highest BCUT2D eigenvalue weighted by Gasteiger charge is 2.11. The molecule has 0 saturated carbocycles. The van der Waals surface area contributed by atoms with Crippen molar-refractivity contribution in [2.24, 2.45) is 0 Å². The molecule has 6 nitrogen and oxygen atoms in total. The van der Waals surface area contributed by atoms with Crippen molar-refractivity contribution in [3.8, 4) is 23.1 Å². The van der Waals surface area contributed by atoms with E-state index < -0.39 is 0 Å². The van der Waals surface area contributed by atoms with Crippen LogP contribution in [0, 0.1) is 0 Å². The number of ether oxygens (including phenoxy) is 3. The monoisotopic (exact) mass is 247 g/mol. The number of nitrogen functional groups attached to an aromatic ring is 1. The molecule has 2 N–H and O–H groups in total. The van der Waals surface area contributed by atoms with Gasteiger partial charge in [0.25, 0.3) is 5.88 Å². The molecule has 0 aliphatic carbocycles. The second kappa shape index (κ2) is 5.22. The first kappa shape index (κ1) is 12.0. The van der Waals surface area contributed by atoms with Gasteiger partial charge in [0.2, 0.25) is 5.75 Å². The van der Waals surface area contributed by atoms with E-state index in [0.717, 1.165) is 5.75 Å². The molecule has 0 radical (unpaired) electrons. The number of anilines is 1. The van der Waals surface area contributed by atoms with E-state index in [1.807, 2.05) is 0 Å². The van der Waals surface area contributed by atoms with Gasteiger partial charge in [-0.3, -0.25) is 0 Å². The van der Waals surface area contributed by atoms with Crippen LogP contribution in [0.4, 0.5) is 5.82 Å². The summed E-state index contributed by atoms with van der Waals surface area (Å²) in [6.07, 6.45) is 1.32. The Kier molecular flexibility index (Phi) is 3.47. The van der Waals surface area contributed by atoms with E-state index in [0.29, 0.717) is 11.5 Å². The van der Waals surface area contributed by atoms with Crippen LogP contribution in [0.3, 0.4) is 0 Å². The standard InChI is InChI=1S/C12H13N3O3/c1-16-8-3-5-9(6-4-8)18-12-10(17-2)11(13)14-7-15-12/h3-7H,1-2H3,(H2,13,14,15). The Bertz CT molecular complexity index is 529. The minimum absolute atomic E-state index is 0.232. The summed E-state index contributed by atoms with van der Waals surface area (Å²) in [5.41, 5.74) is 5.66. The van der Waals surface area contributed by atoms with Gasteiger partial charge >= 0.3 is 0 Å². The maximum Gasteiger partial charge on any atom is 0.268 e. The van der Waals surface area contributed by atoms with Crippen LogP contribution in [0.5, 0.6) is 23.1 Å². The van der Waals surface area contributed by atoms with Crippen molar-refractivity contribution >= 4 is 5.82 Å². The largest absolute Gasteiger partial charge is 0.497 e. The Morgan fingerprint density at radius 1 is 0.944 bits per heavy atom. The van der Waals surface area contributed by atoms with Crippen LogP contribution in [-0.2, 0) is 0 Å². The van der Waals surface area contributed by atoms with E-state index in [9.17, 15) is 0 Å². The average molecular weight is 247 g/mol. The van der Waals surface area contributed by atoms with Gasteiger partial charge in [0.15, 0.2) is 5.82 Å². The van der Waals surface area contributed by atoms with E-state index in [-0.39, 0.29) is 11.7 Å². The fourth-order valence-electron chi connectivity index (χ4n) is 1.39. The van der Waals surface area contributed by atoms with Crippen LogP contribution in [0.15, 0.2) is 30.6 Å². The molecular formula is C12H13N3O3. The van der Waals surface area contributed by atoms with E-state index in [1.54, 1.807) is 31.4 Å². The number of methoxy groups -OCH3 is 2. The zero-order chi connectivity index (χ0) is 13.0. The third-order valence-corrected chi connectivity index (χ3v) is 2.28. The summed E-state index contributed by atoms with van der Waals surface area (Å²) in [6, 6.07) is 7.09. The molecule has 0 aliphatic heterocycles. The van der Waals surface area contributed by atoms with Crippen LogP contribution >= 0.6 is 0 Å². The zero-order valence-electron chi connectivity index (χ0n) is 10.1. The average Bonchev–Trinajstić information content (AvgIpc) is 2.40. The van der Waals surface area contributed by atoms with Gasteiger partial charge in [0, 0.05) is 0 Å². The van der Waals surface area contributed by atoms with E-state index in [4.69, 9.17) is 19.9 Å². The highest BCUT2D eigenvalue weighted by molar-refractivity contribution is 5.52. The summed E-state index contributed by atoms with van der Waals surface area (Å²) in [5.74, 6) is 2.17. The summed E-state index contributed by atoms with van der Waals surface area (Å²) in [6.45, 7) is 0. The van der Waals surface area contributed by atoms with Crippen molar-refractivity contribution in [1.82, 2.24) is 9.97 Å². The summed E-state index contributed by atoms with van der Waals surface area (Å²) in [4.78, 5) is 7.80. The van der Waals surface area contributed by atoms with E-state index in [2.05, 4.69) is 9.97 Å². The molecule has 94 valence electrons. The number of nitrogens with two attached hydrogens (primary N) is 1. The van der Waals surface area contributed by atoms with Crippen molar-refractivity contribution in [3.63, 3.8) is 0 Å². The Labute approximate surface area is 104 Å². The van der Waals surface area contributed by atoms with Crippen molar-refractivity contribution < 1.29 is 14.2 Å². The molecule has 0 amide bonds. The van der Waals surface area contributed by atoms with Gasteiger partial charge in [-0.1, -0.05) is 0 Å². The maximum absolute atomic E-state index is 5.66. The van der Waals surface area contributed by atoms with Gasteiger partial charge < -0.3 is 19.9 Å². The van der Waals surface area contributed by atoms with Gasteiger partial charge in [-0.2, -0.15) is 4.98 Å². The van der Waals surface area contributed by atoms with Crippen LogP contribution in [0.1, 0.15) is 0 Å². The maximum atomic E-state index is 5.66. The molecular weight excluding hydrogens is 234 g/mol. The number of benzene rings is 1. The Morgan fingerprint density at radius 3 is 2.22 bits per heavy atom. The number of aromatic nitrogens is 2. The lowest BCUT2D eigenvalue weighted by atomic mass is 10.3. The third-order valence-electron chi connectivity index (χ3n) is 2.28.